The standard InChI is InChI=1S/C29H46ClN5O9/c30-10-3-1-2-4-13-42-17-18-43-16-12-33-26(39)9-5-8-25(38)32-11-15-41-14-6-7-22-20-35(29(40)34-28(22)31)27-19-23(37)24(21-36)44-27/h20,23-24,27,36-37H,1-5,8-19,21H2,(H,32,38)(H,33,39)(H2,31,34,40)/t23?,24-,27-/m1/s1. The lowest BCUT2D eigenvalue weighted by Crippen LogP contribution is -2.29. The first-order chi connectivity index (χ1) is 21.3. The SMILES string of the molecule is Nc1nc(=O)n([C@H]2CC(O)[C@@H](CO)O2)cc1C#CCOCCNC(=O)CCCC(=O)NCCOCCOCCCCCCCl. The third kappa shape index (κ3) is 15.3. The van der Waals surface area contributed by atoms with Gasteiger partial charge >= 0.3 is 5.69 Å². The summed E-state index contributed by atoms with van der Waals surface area (Å²) in [6.45, 7) is 2.71. The average molecular weight is 644 g/mol. The highest BCUT2D eigenvalue weighted by Gasteiger charge is 2.35. The molecule has 1 aliphatic heterocycles. The fourth-order valence-corrected chi connectivity index (χ4v) is 4.36. The second-order valence-electron chi connectivity index (χ2n) is 10.1. The van der Waals surface area contributed by atoms with Crippen molar-refractivity contribution in [1.29, 1.82) is 0 Å². The quantitative estimate of drug-likeness (QED) is 0.0651. The van der Waals surface area contributed by atoms with Crippen LogP contribution in [0.2, 0.25) is 0 Å². The minimum absolute atomic E-state index is 0.0476. The van der Waals surface area contributed by atoms with E-state index in [1.165, 1.54) is 10.8 Å². The minimum Gasteiger partial charge on any atom is -0.394 e. The van der Waals surface area contributed by atoms with Gasteiger partial charge < -0.3 is 45.5 Å². The molecule has 1 fully saturated rings. The zero-order chi connectivity index (χ0) is 32.0. The molecule has 2 rings (SSSR count). The lowest BCUT2D eigenvalue weighted by molar-refractivity contribution is -0.122. The van der Waals surface area contributed by atoms with E-state index >= 15 is 0 Å². The van der Waals surface area contributed by atoms with Crippen LogP contribution in [0.3, 0.4) is 0 Å². The van der Waals surface area contributed by atoms with Crippen LogP contribution >= 0.6 is 11.6 Å². The van der Waals surface area contributed by atoms with Gasteiger partial charge in [-0.25, -0.2) is 4.79 Å². The number of halogens is 1. The Bertz CT molecular complexity index is 1110. The van der Waals surface area contributed by atoms with E-state index in [0.29, 0.717) is 45.3 Å². The molecule has 14 nitrogen and oxygen atoms in total. The number of alkyl halides is 1. The van der Waals surface area contributed by atoms with Gasteiger partial charge in [0.2, 0.25) is 11.8 Å². The third-order valence-corrected chi connectivity index (χ3v) is 6.83. The van der Waals surface area contributed by atoms with Crippen molar-refractivity contribution in [3.8, 4) is 11.8 Å². The summed E-state index contributed by atoms with van der Waals surface area (Å²) in [4.78, 5) is 39.9. The Labute approximate surface area is 262 Å². The number of hydrogen-bond acceptors (Lipinski definition) is 11. The fraction of sp³-hybridized carbons (Fsp3) is 0.724. The molecule has 0 spiro atoms. The number of rotatable bonds is 22. The third-order valence-electron chi connectivity index (χ3n) is 6.56. The predicted octanol–water partition coefficient (Wildman–Crippen LogP) is 0.0694. The van der Waals surface area contributed by atoms with Crippen LogP contribution in [0.25, 0.3) is 0 Å². The van der Waals surface area contributed by atoms with Gasteiger partial charge in [-0.1, -0.05) is 24.7 Å². The average Bonchev–Trinajstić information content (AvgIpc) is 3.38. The highest BCUT2D eigenvalue weighted by atomic mass is 35.5. The van der Waals surface area contributed by atoms with Crippen LogP contribution in [0.5, 0.6) is 0 Å². The first kappa shape index (κ1) is 37.4. The number of unbranched alkanes of at least 4 members (excludes halogenated alkanes) is 3. The summed E-state index contributed by atoms with van der Waals surface area (Å²) in [5, 5.41) is 24.7. The first-order valence-electron chi connectivity index (χ1n) is 15.0. The van der Waals surface area contributed by atoms with Crippen molar-refractivity contribution in [2.24, 2.45) is 0 Å². The lowest BCUT2D eigenvalue weighted by atomic mass is 10.2. The molecular formula is C29H46ClN5O9. The van der Waals surface area contributed by atoms with E-state index in [2.05, 4.69) is 27.5 Å². The van der Waals surface area contributed by atoms with Gasteiger partial charge in [0.15, 0.2) is 0 Å². The topological polar surface area (TPSA) is 196 Å². The van der Waals surface area contributed by atoms with Crippen molar-refractivity contribution in [2.45, 2.75) is 69.8 Å². The molecule has 1 saturated heterocycles. The Morgan fingerprint density at radius 2 is 1.68 bits per heavy atom. The van der Waals surface area contributed by atoms with E-state index in [-0.39, 0.29) is 68.8 Å². The molecule has 3 atom stereocenters. The highest BCUT2D eigenvalue weighted by molar-refractivity contribution is 6.17. The lowest BCUT2D eigenvalue weighted by Gasteiger charge is -2.15. The largest absolute Gasteiger partial charge is 0.394 e. The number of amides is 2. The van der Waals surface area contributed by atoms with Crippen molar-refractivity contribution in [3.05, 3.63) is 22.2 Å². The van der Waals surface area contributed by atoms with Gasteiger partial charge in [0, 0.05) is 51.0 Å². The van der Waals surface area contributed by atoms with Crippen molar-refractivity contribution in [2.75, 3.05) is 71.0 Å². The van der Waals surface area contributed by atoms with Gasteiger partial charge in [-0.15, -0.1) is 11.6 Å². The number of anilines is 1. The number of nitrogens with two attached hydrogens (primary N) is 1. The molecule has 0 aliphatic carbocycles. The number of carbonyl (C=O) groups is 2. The number of hydrogen-bond donors (Lipinski definition) is 5. The Hall–Kier alpha value is -2.77. The maximum absolute atomic E-state index is 12.2. The molecule has 44 heavy (non-hydrogen) atoms. The van der Waals surface area contributed by atoms with Gasteiger partial charge in [0.05, 0.1) is 44.7 Å². The van der Waals surface area contributed by atoms with E-state index in [9.17, 15) is 24.6 Å². The van der Waals surface area contributed by atoms with E-state index in [1.54, 1.807) is 0 Å². The highest BCUT2D eigenvalue weighted by Crippen LogP contribution is 2.27. The molecule has 0 bridgehead atoms. The molecule has 6 N–H and O–H groups in total. The van der Waals surface area contributed by atoms with Crippen molar-refractivity contribution < 1.29 is 38.7 Å². The van der Waals surface area contributed by atoms with E-state index < -0.39 is 24.1 Å². The Morgan fingerprint density at radius 1 is 1.02 bits per heavy atom. The zero-order valence-electron chi connectivity index (χ0n) is 25.1. The molecule has 1 unspecified atom stereocenters. The number of nitrogens with one attached hydrogen (secondary N) is 2. The van der Waals surface area contributed by atoms with Crippen LogP contribution < -0.4 is 22.1 Å². The molecule has 2 heterocycles. The van der Waals surface area contributed by atoms with Gasteiger partial charge in [0.1, 0.15) is 24.8 Å². The Morgan fingerprint density at radius 3 is 2.34 bits per heavy atom. The summed E-state index contributed by atoms with van der Waals surface area (Å²) in [6, 6.07) is 0. The Kier molecular flexibility index (Phi) is 19.3. The van der Waals surface area contributed by atoms with Crippen molar-refractivity contribution >= 4 is 29.2 Å². The summed E-state index contributed by atoms with van der Waals surface area (Å²) in [5.74, 6) is 5.90. The van der Waals surface area contributed by atoms with E-state index in [0.717, 1.165) is 25.7 Å². The molecule has 1 aliphatic rings. The molecule has 1 aromatic rings. The van der Waals surface area contributed by atoms with Crippen LogP contribution in [-0.2, 0) is 28.5 Å². The molecule has 15 heteroatoms. The van der Waals surface area contributed by atoms with Gasteiger partial charge in [-0.3, -0.25) is 14.2 Å². The first-order valence-corrected chi connectivity index (χ1v) is 15.5. The van der Waals surface area contributed by atoms with Gasteiger partial charge in [-0.05, 0) is 19.3 Å². The monoisotopic (exact) mass is 643 g/mol. The molecule has 0 saturated carbocycles. The molecule has 0 aromatic carbocycles. The fourth-order valence-electron chi connectivity index (χ4n) is 4.17. The Balaban J connectivity index is 1.49. The smallest absolute Gasteiger partial charge is 0.351 e. The molecule has 1 aromatic heterocycles. The maximum Gasteiger partial charge on any atom is 0.351 e. The minimum atomic E-state index is -0.906. The van der Waals surface area contributed by atoms with Gasteiger partial charge in [0.25, 0.3) is 0 Å². The molecule has 2 amide bonds. The number of aliphatic hydroxyl groups is 2. The van der Waals surface area contributed by atoms with Crippen molar-refractivity contribution in [1.82, 2.24) is 20.2 Å². The predicted molar refractivity (Wildman–Crippen MR) is 163 cm³/mol. The molecular weight excluding hydrogens is 598 g/mol. The summed E-state index contributed by atoms with van der Waals surface area (Å²) in [7, 11) is 0. The van der Waals surface area contributed by atoms with Gasteiger partial charge in [-0.2, -0.15) is 4.98 Å². The van der Waals surface area contributed by atoms with Crippen LogP contribution in [0, 0.1) is 11.8 Å². The van der Waals surface area contributed by atoms with E-state index in [4.69, 9.17) is 36.3 Å². The number of nitrogen functional groups attached to an aromatic ring is 1. The second-order valence-corrected chi connectivity index (χ2v) is 10.5. The summed E-state index contributed by atoms with van der Waals surface area (Å²) in [6.07, 6.45) is 4.22. The molecule has 0 radical (unpaired) electrons. The number of aromatic nitrogens is 2. The summed E-state index contributed by atoms with van der Waals surface area (Å²) in [5.41, 5.74) is 5.44. The maximum atomic E-state index is 12.2. The zero-order valence-corrected chi connectivity index (χ0v) is 25.9. The number of carbonyl (C=O) groups excluding carboxylic acids is 2. The van der Waals surface area contributed by atoms with Crippen LogP contribution in [0.15, 0.2) is 11.0 Å². The van der Waals surface area contributed by atoms with Crippen LogP contribution in [-0.4, -0.2) is 109 Å². The molecule has 248 valence electrons. The number of nitrogens with zero attached hydrogens (tertiary/aromatic N) is 2. The van der Waals surface area contributed by atoms with Crippen molar-refractivity contribution in [3.63, 3.8) is 0 Å². The second kappa shape index (κ2) is 22.7. The number of ether oxygens (including phenoxy) is 4. The number of aliphatic hydroxyl groups excluding tert-OH is 2. The summed E-state index contributed by atoms with van der Waals surface area (Å²) < 4.78 is 23.0. The van der Waals surface area contributed by atoms with Crippen LogP contribution in [0.1, 0.15) is 63.2 Å². The van der Waals surface area contributed by atoms with Crippen LogP contribution in [0.4, 0.5) is 5.82 Å². The summed E-state index contributed by atoms with van der Waals surface area (Å²) >= 11 is 5.64. The van der Waals surface area contributed by atoms with E-state index in [1.807, 2.05) is 0 Å². The normalized spacial score (nSPS) is 17.7.